The van der Waals surface area contributed by atoms with Gasteiger partial charge in [-0.2, -0.15) is 0 Å². The Balaban J connectivity index is 0.000000148. The lowest BCUT2D eigenvalue weighted by Gasteiger charge is -1.76. The quantitative estimate of drug-likeness (QED) is 0.428. The molecule has 1 saturated heterocycles. The third kappa shape index (κ3) is 11.0. The minimum atomic E-state index is -1.83. The average molecular weight is 135 g/mol. The molecule has 0 bridgehead atoms. The SMILES string of the molecule is C1COCN1.O=C(O)O. The van der Waals surface area contributed by atoms with E-state index in [1.54, 1.807) is 0 Å². The summed E-state index contributed by atoms with van der Waals surface area (Å²) in [5, 5.41) is 16.9. The van der Waals surface area contributed by atoms with Gasteiger partial charge in [0.15, 0.2) is 0 Å². The van der Waals surface area contributed by atoms with Gasteiger partial charge in [0.25, 0.3) is 0 Å². The summed E-state index contributed by atoms with van der Waals surface area (Å²) in [5.41, 5.74) is 0. The molecule has 0 unspecified atom stereocenters. The number of ether oxygens (including phenoxy) is 1. The zero-order valence-corrected chi connectivity index (χ0v) is 4.83. The highest BCUT2D eigenvalue weighted by Gasteiger charge is 1.92. The molecule has 0 spiro atoms. The summed E-state index contributed by atoms with van der Waals surface area (Å²) >= 11 is 0. The Morgan fingerprint density at radius 1 is 1.56 bits per heavy atom. The first-order valence-electron chi connectivity index (χ1n) is 2.44. The Bertz CT molecular complexity index is 69.0. The molecule has 1 aliphatic heterocycles. The molecule has 0 aromatic heterocycles. The molecular formula is C4H9NO4. The van der Waals surface area contributed by atoms with Gasteiger partial charge in [-0.3, -0.25) is 5.32 Å². The summed E-state index contributed by atoms with van der Waals surface area (Å²) in [6.07, 6.45) is -1.83. The highest BCUT2D eigenvalue weighted by molar-refractivity contribution is 5.53. The van der Waals surface area contributed by atoms with Crippen LogP contribution in [0.5, 0.6) is 0 Å². The van der Waals surface area contributed by atoms with Crippen LogP contribution in [0.1, 0.15) is 0 Å². The minimum Gasteiger partial charge on any atom is -0.450 e. The highest BCUT2D eigenvalue weighted by atomic mass is 16.6. The molecule has 0 radical (unpaired) electrons. The number of hydrogen-bond donors (Lipinski definition) is 3. The van der Waals surface area contributed by atoms with Crippen LogP contribution in [0.4, 0.5) is 4.79 Å². The highest BCUT2D eigenvalue weighted by Crippen LogP contribution is 1.75. The molecule has 0 aromatic carbocycles. The van der Waals surface area contributed by atoms with Gasteiger partial charge >= 0.3 is 6.16 Å². The first-order chi connectivity index (χ1) is 4.23. The Labute approximate surface area is 52.2 Å². The average Bonchev–Trinajstić information content (AvgIpc) is 2.11. The predicted octanol–water partition coefficient (Wildman–Crippen LogP) is -0.214. The fraction of sp³-hybridized carbons (Fsp3) is 0.750. The van der Waals surface area contributed by atoms with Crippen molar-refractivity contribution in [1.82, 2.24) is 5.32 Å². The standard InChI is InChI=1S/C3H7NO.CH2O3/c1-2-5-3-4-1;2-1(3)4/h4H,1-3H2;(H2,2,3,4). The summed E-state index contributed by atoms with van der Waals surface area (Å²) in [7, 11) is 0. The largest absolute Gasteiger partial charge is 0.503 e. The van der Waals surface area contributed by atoms with Crippen LogP contribution in [-0.2, 0) is 4.74 Å². The van der Waals surface area contributed by atoms with Gasteiger partial charge in [0.05, 0.1) is 13.3 Å². The van der Waals surface area contributed by atoms with Crippen LogP contribution in [0.3, 0.4) is 0 Å². The van der Waals surface area contributed by atoms with Gasteiger partial charge in [-0.1, -0.05) is 0 Å². The van der Waals surface area contributed by atoms with Gasteiger partial charge < -0.3 is 14.9 Å². The fourth-order valence-corrected chi connectivity index (χ4v) is 0.361. The lowest BCUT2D eigenvalue weighted by molar-refractivity contribution is 0.137. The van der Waals surface area contributed by atoms with Crippen molar-refractivity contribution in [2.75, 3.05) is 19.9 Å². The van der Waals surface area contributed by atoms with E-state index in [0.717, 1.165) is 19.9 Å². The molecule has 1 rings (SSSR count). The maximum absolute atomic E-state index is 8.56. The van der Waals surface area contributed by atoms with E-state index in [9.17, 15) is 0 Å². The van der Waals surface area contributed by atoms with Crippen LogP contribution in [0.2, 0.25) is 0 Å². The number of hydrogen-bond acceptors (Lipinski definition) is 3. The van der Waals surface area contributed by atoms with Gasteiger partial charge in [0.2, 0.25) is 0 Å². The third-order valence-electron chi connectivity index (χ3n) is 0.627. The lowest BCUT2D eigenvalue weighted by Crippen LogP contribution is -2.05. The van der Waals surface area contributed by atoms with Crippen LogP contribution in [0.25, 0.3) is 0 Å². The maximum atomic E-state index is 8.56. The molecule has 54 valence electrons. The molecule has 9 heavy (non-hydrogen) atoms. The van der Waals surface area contributed by atoms with Crippen LogP contribution >= 0.6 is 0 Å². The van der Waals surface area contributed by atoms with Crippen molar-refractivity contribution in [3.8, 4) is 0 Å². The number of carboxylic acid groups (broad SMARTS) is 2. The van der Waals surface area contributed by atoms with E-state index in [4.69, 9.17) is 19.7 Å². The van der Waals surface area contributed by atoms with Crippen molar-refractivity contribution in [2.45, 2.75) is 0 Å². The predicted molar refractivity (Wildman–Crippen MR) is 29.5 cm³/mol. The van der Waals surface area contributed by atoms with Crippen molar-refractivity contribution >= 4 is 6.16 Å². The molecule has 0 aromatic rings. The summed E-state index contributed by atoms with van der Waals surface area (Å²) in [4.78, 5) is 8.56. The Morgan fingerprint density at radius 3 is 2.22 bits per heavy atom. The van der Waals surface area contributed by atoms with Gasteiger partial charge in [-0.05, 0) is 0 Å². The number of rotatable bonds is 0. The molecular weight excluding hydrogens is 126 g/mol. The van der Waals surface area contributed by atoms with Gasteiger partial charge in [-0.15, -0.1) is 0 Å². The van der Waals surface area contributed by atoms with Crippen molar-refractivity contribution in [3.63, 3.8) is 0 Å². The van der Waals surface area contributed by atoms with Crippen LogP contribution in [0.15, 0.2) is 0 Å². The molecule has 5 nitrogen and oxygen atoms in total. The van der Waals surface area contributed by atoms with E-state index in [1.807, 2.05) is 0 Å². The third-order valence-corrected chi connectivity index (χ3v) is 0.627. The van der Waals surface area contributed by atoms with Crippen LogP contribution < -0.4 is 5.32 Å². The summed E-state index contributed by atoms with van der Waals surface area (Å²) < 4.78 is 4.83. The van der Waals surface area contributed by atoms with E-state index in [1.165, 1.54) is 0 Å². The van der Waals surface area contributed by atoms with Gasteiger partial charge in [0, 0.05) is 6.54 Å². The van der Waals surface area contributed by atoms with E-state index in [-0.39, 0.29) is 0 Å². The number of carbonyl (C=O) groups is 1. The van der Waals surface area contributed by atoms with Crippen molar-refractivity contribution in [3.05, 3.63) is 0 Å². The molecule has 0 amide bonds. The molecule has 1 fully saturated rings. The van der Waals surface area contributed by atoms with Crippen molar-refractivity contribution in [1.29, 1.82) is 0 Å². The second-order valence-electron chi connectivity index (χ2n) is 1.34. The normalized spacial score (nSPS) is 16.0. The Morgan fingerprint density at radius 2 is 2.11 bits per heavy atom. The zero-order chi connectivity index (χ0) is 7.11. The zero-order valence-electron chi connectivity index (χ0n) is 4.83. The van der Waals surface area contributed by atoms with E-state index < -0.39 is 6.16 Å². The van der Waals surface area contributed by atoms with Gasteiger partial charge in [-0.25, -0.2) is 4.79 Å². The smallest absolute Gasteiger partial charge is 0.450 e. The van der Waals surface area contributed by atoms with Gasteiger partial charge in [0.1, 0.15) is 0 Å². The summed E-state index contributed by atoms with van der Waals surface area (Å²) in [6.45, 7) is 2.67. The minimum absolute atomic E-state index is 0.750. The van der Waals surface area contributed by atoms with Crippen molar-refractivity contribution in [2.24, 2.45) is 0 Å². The Hall–Kier alpha value is -0.810. The molecule has 3 N–H and O–H groups in total. The van der Waals surface area contributed by atoms with E-state index >= 15 is 0 Å². The first kappa shape index (κ1) is 8.19. The second-order valence-corrected chi connectivity index (χ2v) is 1.34. The Kier molecular flexibility index (Phi) is 4.85. The maximum Gasteiger partial charge on any atom is 0.503 e. The van der Waals surface area contributed by atoms with E-state index in [0.29, 0.717) is 0 Å². The van der Waals surface area contributed by atoms with Crippen LogP contribution in [0, 0.1) is 0 Å². The van der Waals surface area contributed by atoms with Crippen LogP contribution in [-0.4, -0.2) is 36.3 Å². The topological polar surface area (TPSA) is 78.8 Å². The molecule has 0 saturated carbocycles. The molecule has 0 atom stereocenters. The second kappa shape index (κ2) is 5.33. The molecule has 1 aliphatic rings. The molecule has 1 heterocycles. The van der Waals surface area contributed by atoms with Crippen molar-refractivity contribution < 1.29 is 19.7 Å². The molecule has 0 aliphatic carbocycles. The first-order valence-corrected chi connectivity index (χ1v) is 2.44. The monoisotopic (exact) mass is 135 g/mol. The molecule has 5 heteroatoms. The fourth-order valence-electron chi connectivity index (χ4n) is 0.361. The summed E-state index contributed by atoms with van der Waals surface area (Å²) in [6, 6.07) is 0. The lowest BCUT2D eigenvalue weighted by atomic mass is 10.7. The summed E-state index contributed by atoms with van der Waals surface area (Å²) in [5.74, 6) is 0. The van der Waals surface area contributed by atoms with E-state index in [2.05, 4.69) is 5.32 Å². The number of nitrogens with one attached hydrogen (secondary N) is 1.